The minimum Gasteiger partial charge on any atom is -0.391 e. The number of hydrogen-bond acceptors (Lipinski definition) is 4. The standard InChI is InChI=1S/C18H27Cl2N3O/c1-12(7-13-5-6-14(19)9-15(13)20)8-16(17(24)18(2,3)4)23-11-21-10-22-23/h5-6,9-10,12,16-17,24H,7-8,11H2,1-4H3,(H,21,22)/t12-,16+,17+/m1/s1. The van der Waals surface area contributed by atoms with E-state index in [1.807, 2.05) is 17.1 Å². The average Bonchev–Trinajstić information content (AvgIpc) is 3.00. The number of halogens is 2. The number of aliphatic hydroxyl groups is 1. The molecule has 6 heteroatoms. The van der Waals surface area contributed by atoms with E-state index in [4.69, 9.17) is 23.2 Å². The van der Waals surface area contributed by atoms with Gasteiger partial charge in [-0.15, -0.1) is 0 Å². The molecule has 1 heterocycles. The second-order valence-electron chi connectivity index (χ2n) is 7.71. The Hall–Kier alpha value is -0.810. The van der Waals surface area contributed by atoms with Gasteiger partial charge in [0.05, 0.1) is 18.5 Å². The van der Waals surface area contributed by atoms with Gasteiger partial charge in [-0.1, -0.05) is 57.0 Å². The summed E-state index contributed by atoms with van der Waals surface area (Å²) in [5, 5.41) is 14.2. The maximum Gasteiger partial charge on any atom is 0.111 e. The zero-order chi connectivity index (χ0) is 17.9. The van der Waals surface area contributed by atoms with Gasteiger partial charge in [-0.05, 0) is 41.9 Å². The third-order valence-electron chi connectivity index (χ3n) is 4.43. The molecule has 0 saturated carbocycles. The average molecular weight is 372 g/mol. The molecule has 0 radical (unpaired) electrons. The van der Waals surface area contributed by atoms with E-state index in [-0.39, 0.29) is 11.5 Å². The zero-order valence-corrected chi connectivity index (χ0v) is 16.3. The van der Waals surface area contributed by atoms with Crippen LogP contribution in [0.1, 0.15) is 39.7 Å². The number of hydrazine groups is 1. The molecule has 0 unspecified atom stereocenters. The maximum atomic E-state index is 10.8. The summed E-state index contributed by atoms with van der Waals surface area (Å²) in [7, 11) is 0. The van der Waals surface area contributed by atoms with Crippen molar-refractivity contribution in [2.45, 2.75) is 52.7 Å². The zero-order valence-electron chi connectivity index (χ0n) is 14.8. The van der Waals surface area contributed by atoms with E-state index in [2.05, 4.69) is 38.1 Å². The first-order valence-corrected chi connectivity index (χ1v) is 9.07. The van der Waals surface area contributed by atoms with Crippen LogP contribution < -0.4 is 5.43 Å². The maximum absolute atomic E-state index is 10.8. The molecule has 4 nitrogen and oxygen atoms in total. The minimum absolute atomic E-state index is 0.0198. The van der Waals surface area contributed by atoms with Crippen LogP contribution in [0, 0.1) is 11.3 Å². The predicted molar refractivity (Wildman–Crippen MR) is 102 cm³/mol. The molecular formula is C18H27Cl2N3O. The topological polar surface area (TPSA) is 47.9 Å². The lowest BCUT2D eigenvalue weighted by Gasteiger charge is -2.38. The number of nitrogens with zero attached hydrogens (tertiary/aromatic N) is 2. The van der Waals surface area contributed by atoms with Crippen LogP contribution in [0.25, 0.3) is 0 Å². The predicted octanol–water partition coefficient (Wildman–Crippen LogP) is 4.14. The molecule has 24 heavy (non-hydrogen) atoms. The van der Waals surface area contributed by atoms with Gasteiger partial charge in [0.15, 0.2) is 0 Å². The van der Waals surface area contributed by atoms with Crippen molar-refractivity contribution >= 4 is 29.5 Å². The molecule has 3 atom stereocenters. The molecule has 0 amide bonds. The van der Waals surface area contributed by atoms with Gasteiger partial charge in [-0.25, -0.2) is 0 Å². The number of aliphatic hydroxyl groups excluding tert-OH is 1. The van der Waals surface area contributed by atoms with Crippen LogP contribution in [-0.4, -0.2) is 35.3 Å². The van der Waals surface area contributed by atoms with Crippen molar-refractivity contribution in [3.63, 3.8) is 0 Å². The van der Waals surface area contributed by atoms with Crippen molar-refractivity contribution in [2.75, 3.05) is 6.67 Å². The smallest absolute Gasteiger partial charge is 0.111 e. The van der Waals surface area contributed by atoms with Crippen LogP contribution in [-0.2, 0) is 6.42 Å². The summed E-state index contributed by atoms with van der Waals surface area (Å²) in [6.45, 7) is 8.92. The lowest BCUT2D eigenvalue weighted by atomic mass is 9.80. The van der Waals surface area contributed by atoms with Gasteiger partial charge in [0.25, 0.3) is 0 Å². The first kappa shape index (κ1) is 19.5. The molecule has 0 aliphatic carbocycles. The van der Waals surface area contributed by atoms with Gasteiger partial charge in [-0.3, -0.25) is 4.99 Å². The Balaban J connectivity index is 2.07. The van der Waals surface area contributed by atoms with Crippen molar-refractivity contribution in [3.05, 3.63) is 33.8 Å². The van der Waals surface area contributed by atoms with Crippen LogP contribution in [0.15, 0.2) is 23.2 Å². The molecule has 2 rings (SSSR count). The van der Waals surface area contributed by atoms with Gasteiger partial charge in [-0.2, -0.15) is 5.01 Å². The van der Waals surface area contributed by atoms with E-state index < -0.39 is 6.10 Å². The molecule has 134 valence electrons. The highest BCUT2D eigenvalue weighted by Crippen LogP contribution is 2.30. The molecule has 0 bridgehead atoms. The SMILES string of the molecule is C[C@H](Cc1ccc(Cl)cc1Cl)C[C@@H]([C@H](O)C(C)(C)C)N1CN=CN1. The molecule has 2 N–H and O–H groups in total. The lowest BCUT2D eigenvalue weighted by Crippen LogP contribution is -2.52. The quantitative estimate of drug-likeness (QED) is 0.789. The molecule has 1 aliphatic rings. The van der Waals surface area contributed by atoms with Crippen molar-refractivity contribution in [1.82, 2.24) is 10.4 Å². The van der Waals surface area contributed by atoms with Crippen LogP contribution in [0.2, 0.25) is 10.0 Å². The molecule has 0 fully saturated rings. The minimum atomic E-state index is -0.463. The van der Waals surface area contributed by atoms with Crippen molar-refractivity contribution in [2.24, 2.45) is 16.3 Å². The van der Waals surface area contributed by atoms with E-state index in [1.54, 1.807) is 12.4 Å². The van der Waals surface area contributed by atoms with Gasteiger partial charge in [0.1, 0.15) is 6.67 Å². The van der Waals surface area contributed by atoms with E-state index in [9.17, 15) is 5.11 Å². The van der Waals surface area contributed by atoms with E-state index in [0.717, 1.165) is 18.4 Å². The van der Waals surface area contributed by atoms with E-state index in [0.29, 0.717) is 22.6 Å². The normalized spacial score (nSPS) is 19.1. The Morgan fingerprint density at radius 1 is 1.33 bits per heavy atom. The van der Waals surface area contributed by atoms with Crippen molar-refractivity contribution in [1.29, 1.82) is 0 Å². The largest absolute Gasteiger partial charge is 0.391 e. The fourth-order valence-electron chi connectivity index (χ4n) is 3.05. The Morgan fingerprint density at radius 2 is 2.04 bits per heavy atom. The third kappa shape index (κ3) is 5.09. The lowest BCUT2D eigenvalue weighted by molar-refractivity contribution is -0.0330. The fraction of sp³-hybridized carbons (Fsp3) is 0.611. The number of aliphatic imine (C=N–C) groups is 1. The first-order chi connectivity index (χ1) is 11.2. The second kappa shape index (κ2) is 8.05. The summed E-state index contributed by atoms with van der Waals surface area (Å²) in [6.07, 6.45) is 2.91. The monoisotopic (exact) mass is 371 g/mol. The fourth-order valence-corrected chi connectivity index (χ4v) is 3.53. The highest BCUT2D eigenvalue weighted by molar-refractivity contribution is 6.35. The molecule has 1 aromatic rings. The summed E-state index contributed by atoms with van der Waals surface area (Å²) in [4.78, 5) is 4.21. The van der Waals surface area contributed by atoms with Crippen molar-refractivity contribution in [3.8, 4) is 0 Å². The molecule has 0 saturated heterocycles. The molecule has 1 aliphatic heterocycles. The Bertz CT molecular complexity index is 578. The summed E-state index contributed by atoms with van der Waals surface area (Å²) in [5.41, 5.74) is 4.02. The highest BCUT2D eigenvalue weighted by Gasteiger charge is 2.36. The Kier molecular flexibility index (Phi) is 6.54. The summed E-state index contributed by atoms with van der Waals surface area (Å²) in [5.74, 6) is 0.355. The van der Waals surface area contributed by atoms with E-state index in [1.165, 1.54) is 0 Å². The molecular weight excluding hydrogens is 345 g/mol. The Labute approximate surface area is 154 Å². The first-order valence-electron chi connectivity index (χ1n) is 8.31. The molecule has 0 aromatic heterocycles. The third-order valence-corrected chi connectivity index (χ3v) is 5.02. The van der Waals surface area contributed by atoms with Gasteiger partial charge >= 0.3 is 0 Å². The molecule has 0 spiro atoms. The van der Waals surface area contributed by atoms with Gasteiger partial charge in [0, 0.05) is 10.0 Å². The van der Waals surface area contributed by atoms with Crippen LogP contribution >= 0.6 is 23.2 Å². The second-order valence-corrected chi connectivity index (χ2v) is 8.55. The number of benzene rings is 1. The summed E-state index contributed by atoms with van der Waals surface area (Å²) in [6, 6.07) is 5.61. The van der Waals surface area contributed by atoms with E-state index >= 15 is 0 Å². The number of rotatable bonds is 6. The Morgan fingerprint density at radius 3 is 2.58 bits per heavy atom. The van der Waals surface area contributed by atoms with Crippen LogP contribution in [0.3, 0.4) is 0 Å². The van der Waals surface area contributed by atoms with Crippen LogP contribution in [0.4, 0.5) is 0 Å². The van der Waals surface area contributed by atoms with Crippen molar-refractivity contribution < 1.29 is 5.11 Å². The van der Waals surface area contributed by atoms with Crippen LogP contribution in [0.5, 0.6) is 0 Å². The van der Waals surface area contributed by atoms with Gasteiger partial charge < -0.3 is 10.5 Å². The molecule has 1 aromatic carbocycles. The highest BCUT2D eigenvalue weighted by atomic mass is 35.5. The summed E-state index contributed by atoms with van der Waals surface area (Å²) >= 11 is 12.3. The number of hydrogen-bond donors (Lipinski definition) is 2. The number of nitrogens with one attached hydrogen (secondary N) is 1. The summed E-state index contributed by atoms with van der Waals surface area (Å²) < 4.78 is 0. The van der Waals surface area contributed by atoms with Gasteiger partial charge in [0.2, 0.25) is 0 Å².